The van der Waals surface area contributed by atoms with Gasteiger partial charge in [0, 0.05) is 19.0 Å². The van der Waals surface area contributed by atoms with Crippen molar-refractivity contribution in [2.45, 2.75) is 51.1 Å². The molecule has 0 radical (unpaired) electrons. The molecular weight excluding hydrogens is 206 g/mol. The van der Waals surface area contributed by atoms with Crippen LogP contribution in [0.3, 0.4) is 0 Å². The molecule has 1 aliphatic carbocycles. The number of rotatable bonds is 7. The molecule has 0 bridgehead atoms. The molecule has 5 heteroatoms. The van der Waals surface area contributed by atoms with E-state index in [1.807, 2.05) is 6.92 Å². The van der Waals surface area contributed by atoms with Crippen LogP contribution in [-0.4, -0.2) is 30.4 Å². The van der Waals surface area contributed by atoms with Crippen molar-refractivity contribution in [1.29, 1.82) is 0 Å². The number of nitrogens with one attached hydrogen (secondary N) is 2. The number of hydrogen-bond acceptors (Lipinski definition) is 3. The molecule has 0 aliphatic heterocycles. The Bertz CT molecular complexity index is 252. The van der Waals surface area contributed by atoms with Crippen molar-refractivity contribution in [3.8, 4) is 0 Å². The van der Waals surface area contributed by atoms with Gasteiger partial charge < -0.3 is 16.4 Å². The second-order valence-corrected chi connectivity index (χ2v) is 4.28. The van der Waals surface area contributed by atoms with Gasteiger partial charge in [0.1, 0.15) is 0 Å². The fraction of sp³-hybridized carbons (Fsp3) is 0.818. The Morgan fingerprint density at radius 3 is 2.69 bits per heavy atom. The van der Waals surface area contributed by atoms with Crippen LogP contribution in [0.5, 0.6) is 0 Å². The standard InChI is InChI=1S/C11H21N3O2/c1-2-3-9(12)11(16)13-7-6-10(15)14-8-4-5-8/h8-9H,2-7,12H2,1H3,(H,13,16)(H,14,15). The molecule has 1 atom stereocenters. The van der Waals surface area contributed by atoms with Gasteiger partial charge in [-0.1, -0.05) is 13.3 Å². The lowest BCUT2D eigenvalue weighted by Gasteiger charge is -2.10. The molecule has 0 spiro atoms. The third-order valence-electron chi connectivity index (χ3n) is 2.53. The quantitative estimate of drug-likeness (QED) is 0.568. The lowest BCUT2D eigenvalue weighted by Crippen LogP contribution is -2.41. The van der Waals surface area contributed by atoms with E-state index in [0.717, 1.165) is 19.3 Å². The van der Waals surface area contributed by atoms with Gasteiger partial charge in [-0.25, -0.2) is 0 Å². The van der Waals surface area contributed by atoms with Gasteiger partial charge in [-0.15, -0.1) is 0 Å². The van der Waals surface area contributed by atoms with Crippen molar-refractivity contribution in [3.63, 3.8) is 0 Å². The average molecular weight is 227 g/mol. The number of nitrogens with two attached hydrogens (primary N) is 1. The van der Waals surface area contributed by atoms with Crippen molar-refractivity contribution in [1.82, 2.24) is 10.6 Å². The van der Waals surface area contributed by atoms with Gasteiger partial charge >= 0.3 is 0 Å². The summed E-state index contributed by atoms with van der Waals surface area (Å²) in [6.07, 6.45) is 4.07. The van der Waals surface area contributed by atoms with E-state index in [1.165, 1.54) is 0 Å². The molecule has 2 amide bonds. The third kappa shape index (κ3) is 5.11. The van der Waals surface area contributed by atoms with Crippen LogP contribution in [0.4, 0.5) is 0 Å². The number of carbonyl (C=O) groups is 2. The molecule has 1 unspecified atom stereocenters. The van der Waals surface area contributed by atoms with E-state index in [1.54, 1.807) is 0 Å². The number of carbonyl (C=O) groups excluding carboxylic acids is 2. The predicted molar refractivity (Wildman–Crippen MR) is 61.7 cm³/mol. The first kappa shape index (κ1) is 13.0. The maximum atomic E-state index is 11.4. The minimum atomic E-state index is -0.448. The van der Waals surface area contributed by atoms with Crippen molar-refractivity contribution in [2.24, 2.45) is 5.73 Å². The largest absolute Gasteiger partial charge is 0.354 e. The van der Waals surface area contributed by atoms with E-state index in [9.17, 15) is 9.59 Å². The Morgan fingerprint density at radius 2 is 2.12 bits per heavy atom. The Labute approximate surface area is 96.1 Å². The summed E-state index contributed by atoms with van der Waals surface area (Å²) in [6.45, 7) is 2.35. The summed E-state index contributed by atoms with van der Waals surface area (Å²) in [7, 11) is 0. The second kappa shape index (κ2) is 6.48. The molecule has 0 aromatic heterocycles. The highest BCUT2D eigenvalue weighted by Crippen LogP contribution is 2.18. The minimum Gasteiger partial charge on any atom is -0.354 e. The Hall–Kier alpha value is -1.10. The zero-order valence-corrected chi connectivity index (χ0v) is 9.79. The maximum Gasteiger partial charge on any atom is 0.236 e. The van der Waals surface area contributed by atoms with E-state index in [0.29, 0.717) is 25.4 Å². The average Bonchev–Trinajstić information content (AvgIpc) is 3.01. The van der Waals surface area contributed by atoms with Crippen LogP contribution in [0.15, 0.2) is 0 Å². The van der Waals surface area contributed by atoms with Crippen LogP contribution < -0.4 is 16.4 Å². The van der Waals surface area contributed by atoms with Crippen molar-refractivity contribution in [2.75, 3.05) is 6.54 Å². The fourth-order valence-electron chi connectivity index (χ4n) is 1.40. The van der Waals surface area contributed by atoms with Crippen molar-refractivity contribution in [3.05, 3.63) is 0 Å². The molecule has 4 N–H and O–H groups in total. The van der Waals surface area contributed by atoms with Crippen molar-refractivity contribution >= 4 is 11.8 Å². The SMILES string of the molecule is CCCC(N)C(=O)NCCC(=O)NC1CC1. The summed E-state index contributed by atoms with van der Waals surface area (Å²) in [5, 5.41) is 5.53. The zero-order chi connectivity index (χ0) is 12.0. The third-order valence-corrected chi connectivity index (χ3v) is 2.53. The van der Waals surface area contributed by atoms with Gasteiger partial charge in [-0.05, 0) is 19.3 Å². The molecule has 5 nitrogen and oxygen atoms in total. The smallest absolute Gasteiger partial charge is 0.236 e. The van der Waals surface area contributed by atoms with E-state index in [2.05, 4.69) is 10.6 Å². The molecule has 16 heavy (non-hydrogen) atoms. The number of amides is 2. The molecular formula is C11H21N3O2. The first-order chi connectivity index (χ1) is 7.63. The van der Waals surface area contributed by atoms with Gasteiger partial charge in [-0.2, -0.15) is 0 Å². The van der Waals surface area contributed by atoms with Crippen LogP contribution in [0.25, 0.3) is 0 Å². The lowest BCUT2D eigenvalue weighted by atomic mass is 10.1. The normalized spacial score (nSPS) is 16.6. The first-order valence-corrected chi connectivity index (χ1v) is 5.96. The van der Waals surface area contributed by atoms with Gasteiger partial charge in [0.15, 0.2) is 0 Å². The summed E-state index contributed by atoms with van der Waals surface area (Å²) in [4.78, 5) is 22.7. The molecule has 1 rings (SSSR count). The van der Waals surface area contributed by atoms with Crippen LogP contribution >= 0.6 is 0 Å². The van der Waals surface area contributed by atoms with Gasteiger partial charge in [0.05, 0.1) is 6.04 Å². The van der Waals surface area contributed by atoms with E-state index < -0.39 is 6.04 Å². The van der Waals surface area contributed by atoms with Crippen LogP contribution in [0.2, 0.25) is 0 Å². The molecule has 1 fully saturated rings. The molecule has 0 aromatic rings. The highest BCUT2D eigenvalue weighted by molar-refractivity contribution is 5.82. The molecule has 0 saturated heterocycles. The van der Waals surface area contributed by atoms with Gasteiger partial charge in [0.2, 0.25) is 11.8 Å². The van der Waals surface area contributed by atoms with Crippen LogP contribution in [0.1, 0.15) is 39.0 Å². The van der Waals surface area contributed by atoms with E-state index in [4.69, 9.17) is 5.73 Å². The lowest BCUT2D eigenvalue weighted by molar-refractivity contribution is -0.123. The predicted octanol–water partition coefficient (Wildman–Crippen LogP) is -0.101. The summed E-state index contributed by atoms with van der Waals surface area (Å²) < 4.78 is 0. The second-order valence-electron chi connectivity index (χ2n) is 4.28. The van der Waals surface area contributed by atoms with Gasteiger partial charge in [0.25, 0.3) is 0 Å². The number of hydrogen-bond donors (Lipinski definition) is 3. The van der Waals surface area contributed by atoms with Crippen LogP contribution in [0, 0.1) is 0 Å². The molecule has 1 saturated carbocycles. The summed E-state index contributed by atoms with van der Waals surface area (Å²) >= 11 is 0. The van der Waals surface area contributed by atoms with E-state index >= 15 is 0 Å². The molecule has 92 valence electrons. The highest BCUT2D eigenvalue weighted by atomic mass is 16.2. The first-order valence-electron chi connectivity index (χ1n) is 5.96. The summed E-state index contributed by atoms with van der Waals surface area (Å²) in [5.74, 6) is -0.159. The van der Waals surface area contributed by atoms with Crippen LogP contribution in [-0.2, 0) is 9.59 Å². The molecule has 0 heterocycles. The van der Waals surface area contributed by atoms with Crippen molar-refractivity contribution < 1.29 is 9.59 Å². The maximum absolute atomic E-state index is 11.4. The van der Waals surface area contributed by atoms with E-state index in [-0.39, 0.29) is 11.8 Å². The highest BCUT2D eigenvalue weighted by Gasteiger charge is 2.22. The Morgan fingerprint density at radius 1 is 1.44 bits per heavy atom. The summed E-state index contributed by atoms with van der Waals surface area (Å²) in [6, 6.07) is -0.0676. The monoisotopic (exact) mass is 227 g/mol. The molecule has 0 aromatic carbocycles. The zero-order valence-electron chi connectivity index (χ0n) is 9.79. The topological polar surface area (TPSA) is 84.2 Å². The summed E-state index contributed by atoms with van der Waals surface area (Å²) in [5.41, 5.74) is 5.62. The van der Waals surface area contributed by atoms with Gasteiger partial charge in [-0.3, -0.25) is 9.59 Å². The Balaban J connectivity index is 2.04. The molecule has 1 aliphatic rings. The minimum absolute atomic E-state index is 0.00635. The fourth-order valence-corrected chi connectivity index (χ4v) is 1.40. The Kier molecular flexibility index (Phi) is 5.25.